The van der Waals surface area contributed by atoms with E-state index in [4.69, 9.17) is 4.52 Å². The van der Waals surface area contributed by atoms with Crippen LogP contribution in [0.3, 0.4) is 0 Å². The predicted octanol–water partition coefficient (Wildman–Crippen LogP) is 1.62. The molecule has 2 heterocycles. The molecule has 1 aromatic heterocycles. The monoisotopic (exact) mass is 306 g/mol. The quantitative estimate of drug-likeness (QED) is 0.860. The first-order valence-electron chi connectivity index (χ1n) is 6.81. The molecule has 0 saturated carbocycles. The molecule has 1 fully saturated rings. The highest BCUT2D eigenvalue weighted by Gasteiger charge is 2.22. The van der Waals surface area contributed by atoms with Gasteiger partial charge in [0.15, 0.2) is 9.84 Å². The van der Waals surface area contributed by atoms with Gasteiger partial charge in [0, 0.05) is 30.8 Å². The molecule has 2 aromatic rings. The first-order valence-corrected chi connectivity index (χ1v) is 8.70. The Morgan fingerprint density at radius 1 is 1.14 bits per heavy atom. The molecular weight excluding hydrogens is 290 g/mol. The smallest absolute Gasteiger partial charge is 0.230 e. The molecule has 0 amide bonds. The van der Waals surface area contributed by atoms with Crippen LogP contribution in [-0.2, 0) is 9.84 Å². The van der Waals surface area contributed by atoms with Gasteiger partial charge in [-0.1, -0.05) is 5.16 Å². The van der Waals surface area contributed by atoms with Crippen molar-refractivity contribution in [1.82, 2.24) is 15.5 Å². The lowest BCUT2D eigenvalue weighted by Gasteiger charge is -2.17. The lowest BCUT2D eigenvalue weighted by atomic mass is 9.98. The van der Waals surface area contributed by atoms with Crippen LogP contribution in [0.5, 0.6) is 0 Å². The Balaban J connectivity index is 1.82. The van der Waals surface area contributed by atoms with Gasteiger partial charge in [0.05, 0.1) is 4.90 Å². The third-order valence-corrected chi connectivity index (χ3v) is 4.73. The largest absolute Gasteiger partial charge is 0.339 e. The van der Waals surface area contributed by atoms with E-state index < -0.39 is 9.84 Å². The molecule has 1 aromatic carbocycles. The van der Waals surface area contributed by atoms with E-state index in [-0.39, 0.29) is 10.8 Å². The average molecular weight is 306 g/mol. The second-order valence-electron chi connectivity index (χ2n) is 5.20. The van der Waals surface area contributed by atoms with Crippen LogP contribution in [0.1, 0.15) is 24.7 Å². The zero-order valence-corrected chi connectivity index (χ0v) is 12.5. The molecule has 0 bridgehead atoms. The molecule has 0 N–H and O–H groups in total. The van der Waals surface area contributed by atoms with Crippen molar-refractivity contribution in [2.24, 2.45) is 0 Å². The van der Waals surface area contributed by atoms with Crippen LogP contribution in [0.25, 0.3) is 11.4 Å². The number of sulfone groups is 1. The standard InChI is InChI=1S/C14H16N3O3S/c1-21(18,19)12-4-2-10(3-5-12)13-16-14(20-17-13)11-6-8-15-9-7-11/h2-5,11H,6-9H2,1H3. The Morgan fingerprint density at radius 2 is 1.81 bits per heavy atom. The van der Waals surface area contributed by atoms with Gasteiger partial charge in [0.1, 0.15) is 0 Å². The van der Waals surface area contributed by atoms with Crippen molar-refractivity contribution >= 4 is 9.84 Å². The Hall–Kier alpha value is -1.73. The fourth-order valence-corrected chi connectivity index (χ4v) is 3.00. The van der Waals surface area contributed by atoms with E-state index in [1.807, 2.05) is 0 Å². The van der Waals surface area contributed by atoms with Gasteiger partial charge in [0.25, 0.3) is 0 Å². The van der Waals surface area contributed by atoms with Crippen molar-refractivity contribution in [3.8, 4) is 11.4 Å². The van der Waals surface area contributed by atoms with Crippen molar-refractivity contribution in [2.75, 3.05) is 19.3 Å². The molecule has 6 nitrogen and oxygen atoms in total. The van der Waals surface area contributed by atoms with E-state index in [1.165, 1.54) is 6.26 Å². The normalized spacial score (nSPS) is 17.0. The molecule has 21 heavy (non-hydrogen) atoms. The van der Waals surface area contributed by atoms with Crippen LogP contribution in [0.2, 0.25) is 0 Å². The third kappa shape index (κ3) is 3.14. The van der Waals surface area contributed by atoms with Crippen LogP contribution in [0.4, 0.5) is 0 Å². The predicted molar refractivity (Wildman–Crippen MR) is 76.7 cm³/mol. The maximum atomic E-state index is 11.4. The fraction of sp³-hybridized carbons (Fsp3) is 0.429. The van der Waals surface area contributed by atoms with Crippen molar-refractivity contribution in [3.05, 3.63) is 30.2 Å². The first kappa shape index (κ1) is 14.2. The Bertz CT molecular complexity index is 716. The topological polar surface area (TPSA) is 87.2 Å². The Morgan fingerprint density at radius 3 is 2.43 bits per heavy atom. The molecule has 0 unspecified atom stereocenters. The third-order valence-electron chi connectivity index (χ3n) is 3.60. The number of nitrogens with zero attached hydrogens (tertiary/aromatic N) is 3. The summed E-state index contributed by atoms with van der Waals surface area (Å²) in [5.41, 5.74) is 0.748. The minimum atomic E-state index is -3.19. The van der Waals surface area contributed by atoms with Crippen molar-refractivity contribution in [3.63, 3.8) is 0 Å². The summed E-state index contributed by atoms with van der Waals surface area (Å²) in [7, 11) is -3.19. The molecule has 7 heteroatoms. The van der Waals surface area contributed by atoms with Crippen molar-refractivity contribution in [2.45, 2.75) is 23.7 Å². The lowest BCUT2D eigenvalue weighted by Crippen LogP contribution is -2.21. The van der Waals surface area contributed by atoms with E-state index in [0.29, 0.717) is 11.7 Å². The number of hydrogen-bond donors (Lipinski definition) is 0. The summed E-state index contributed by atoms with van der Waals surface area (Å²) in [6.07, 6.45) is 3.06. The highest BCUT2D eigenvalue weighted by atomic mass is 32.2. The minimum Gasteiger partial charge on any atom is -0.339 e. The maximum absolute atomic E-state index is 11.4. The van der Waals surface area contributed by atoms with Gasteiger partial charge in [-0.15, -0.1) is 0 Å². The van der Waals surface area contributed by atoms with Gasteiger partial charge in [-0.05, 0) is 37.1 Å². The van der Waals surface area contributed by atoms with Crippen LogP contribution in [0.15, 0.2) is 33.7 Å². The number of rotatable bonds is 3. The number of piperidine rings is 1. The molecule has 0 aliphatic carbocycles. The van der Waals surface area contributed by atoms with Crippen molar-refractivity contribution in [1.29, 1.82) is 0 Å². The molecular formula is C14H16N3O3S. The summed E-state index contributed by atoms with van der Waals surface area (Å²) in [6.45, 7) is 1.68. The highest BCUT2D eigenvalue weighted by Crippen LogP contribution is 2.26. The summed E-state index contributed by atoms with van der Waals surface area (Å²) < 4.78 is 28.2. The minimum absolute atomic E-state index is 0.277. The summed E-state index contributed by atoms with van der Waals surface area (Å²) >= 11 is 0. The summed E-state index contributed by atoms with van der Waals surface area (Å²) in [4.78, 5) is 4.71. The van der Waals surface area contributed by atoms with E-state index >= 15 is 0 Å². The van der Waals surface area contributed by atoms with E-state index in [0.717, 1.165) is 31.5 Å². The van der Waals surface area contributed by atoms with Gasteiger partial charge in [0.2, 0.25) is 11.7 Å². The second-order valence-corrected chi connectivity index (χ2v) is 7.21. The molecule has 1 aliphatic heterocycles. The maximum Gasteiger partial charge on any atom is 0.230 e. The molecule has 1 radical (unpaired) electrons. The second kappa shape index (κ2) is 5.57. The zero-order valence-electron chi connectivity index (χ0n) is 11.7. The summed E-state index contributed by atoms with van der Waals surface area (Å²) in [5.74, 6) is 1.42. The molecule has 0 atom stereocenters. The zero-order chi connectivity index (χ0) is 14.9. The lowest BCUT2D eigenvalue weighted by molar-refractivity contribution is 0.319. The Labute approximate surface area is 123 Å². The van der Waals surface area contributed by atoms with Crippen molar-refractivity contribution < 1.29 is 12.9 Å². The highest BCUT2D eigenvalue weighted by molar-refractivity contribution is 7.90. The first-order chi connectivity index (χ1) is 10.0. The summed E-state index contributed by atoms with van der Waals surface area (Å²) in [6, 6.07) is 6.50. The van der Waals surface area contributed by atoms with Gasteiger partial charge in [-0.2, -0.15) is 4.98 Å². The SMILES string of the molecule is CS(=O)(=O)c1ccc(-c2noc(C3CC[N]CC3)n2)cc1. The van der Waals surface area contributed by atoms with E-state index in [2.05, 4.69) is 15.5 Å². The average Bonchev–Trinajstić information content (AvgIpc) is 2.97. The molecule has 1 saturated heterocycles. The van der Waals surface area contributed by atoms with Crippen LogP contribution < -0.4 is 5.32 Å². The van der Waals surface area contributed by atoms with E-state index in [9.17, 15) is 8.42 Å². The Kier molecular flexibility index (Phi) is 3.77. The van der Waals surface area contributed by atoms with Crippen LogP contribution in [-0.4, -0.2) is 37.9 Å². The molecule has 111 valence electrons. The molecule has 1 aliphatic rings. The van der Waals surface area contributed by atoms with Gasteiger partial charge >= 0.3 is 0 Å². The van der Waals surface area contributed by atoms with Gasteiger partial charge < -0.3 is 4.52 Å². The van der Waals surface area contributed by atoms with Crippen LogP contribution >= 0.6 is 0 Å². The van der Waals surface area contributed by atoms with Crippen LogP contribution in [0, 0.1) is 0 Å². The molecule has 0 spiro atoms. The molecule has 3 rings (SSSR count). The van der Waals surface area contributed by atoms with Gasteiger partial charge in [-0.25, -0.2) is 13.7 Å². The number of benzene rings is 1. The van der Waals surface area contributed by atoms with Gasteiger partial charge in [-0.3, -0.25) is 0 Å². The fourth-order valence-electron chi connectivity index (χ4n) is 2.37. The summed E-state index contributed by atoms with van der Waals surface area (Å²) in [5, 5.41) is 8.29. The van der Waals surface area contributed by atoms with E-state index in [1.54, 1.807) is 24.3 Å². The number of aromatic nitrogens is 2. The number of hydrogen-bond acceptors (Lipinski definition) is 5.